The van der Waals surface area contributed by atoms with Crippen LogP contribution < -0.4 is 5.32 Å². The molecule has 18 heavy (non-hydrogen) atoms. The van der Waals surface area contributed by atoms with E-state index in [1.54, 1.807) is 0 Å². The van der Waals surface area contributed by atoms with Gasteiger partial charge in [0.15, 0.2) is 0 Å². The molecule has 3 heteroatoms. The molecule has 1 saturated heterocycles. The molecule has 1 aromatic rings. The first-order valence-corrected chi connectivity index (χ1v) is 8.14. The van der Waals surface area contributed by atoms with E-state index in [9.17, 15) is 0 Å². The Labute approximate surface area is 115 Å². The van der Waals surface area contributed by atoms with E-state index < -0.39 is 0 Å². The fourth-order valence-electron chi connectivity index (χ4n) is 2.40. The van der Waals surface area contributed by atoms with Gasteiger partial charge in [-0.05, 0) is 12.0 Å². The molecule has 1 heterocycles. The zero-order valence-corrected chi connectivity index (χ0v) is 12.1. The van der Waals surface area contributed by atoms with E-state index in [4.69, 9.17) is 0 Å². The maximum atomic E-state index is 3.68. The van der Waals surface area contributed by atoms with Gasteiger partial charge in [0, 0.05) is 43.7 Å². The fourth-order valence-corrected chi connectivity index (χ4v) is 3.38. The summed E-state index contributed by atoms with van der Waals surface area (Å²) in [5, 5.41) is 3.68. The van der Waals surface area contributed by atoms with Crippen LogP contribution in [-0.2, 0) is 0 Å². The van der Waals surface area contributed by atoms with Crippen LogP contribution in [0, 0.1) is 0 Å². The third kappa shape index (κ3) is 4.30. The minimum Gasteiger partial charge on any atom is -0.309 e. The monoisotopic (exact) mass is 264 g/mol. The number of nitrogens with one attached hydrogen (secondary N) is 1. The first-order chi connectivity index (χ1) is 8.90. The highest BCUT2D eigenvalue weighted by atomic mass is 32.2. The smallest absolute Gasteiger partial charge is 0.0318 e. The van der Waals surface area contributed by atoms with Gasteiger partial charge in [0.25, 0.3) is 0 Å². The largest absolute Gasteiger partial charge is 0.309 e. The average molecular weight is 264 g/mol. The van der Waals surface area contributed by atoms with Crippen molar-refractivity contribution >= 4 is 11.8 Å². The molecule has 1 N–H and O–H groups in total. The Morgan fingerprint density at radius 3 is 2.61 bits per heavy atom. The van der Waals surface area contributed by atoms with Crippen molar-refractivity contribution in [3.63, 3.8) is 0 Å². The van der Waals surface area contributed by atoms with E-state index in [1.165, 1.54) is 36.7 Å². The zero-order chi connectivity index (χ0) is 12.6. The lowest BCUT2D eigenvalue weighted by Gasteiger charge is -2.27. The molecule has 0 bridgehead atoms. The summed E-state index contributed by atoms with van der Waals surface area (Å²) in [6.07, 6.45) is 1.15. The summed E-state index contributed by atoms with van der Waals surface area (Å²) in [5.74, 6) is 2.60. The van der Waals surface area contributed by atoms with E-state index in [0.29, 0.717) is 6.04 Å². The number of thioether (sulfide) groups is 1. The predicted molar refractivity (Wildman–Crippen MR) is 81.2 cm³/mol. The zero-order valence-electron chi connectivity index (χ0n) is 11.3. The Bertz CT molecular complexity index is 323. The minimum absolute atomic E-state index is 0.505. The predicted octanol–water partition coefficient (Wildman–Crippen LogP) is 2.78. The minimum atomic E-state index is 0.505. The average Bonchev–Trinajstić information content (AvgIpc) is 2.46. The van der Waals surface area contributed by atoms with E-state index in [2.05, 4.69) is 59.2 Å². The number of hydrogen-bond donors (Lipinski definition) is 1. The first kappa shape index (κ1) is 13.9. The highest BCUT2D eigenvalue weighted by molar-refractivity contribution is 7.99. The van der Waals surface area contributed by atoms with Gasteiger partial charge >= 0.3 is 0 Å². The molecule has 2 nitrogen and oxygen atoms in total. The summed E-state index contributed by atoms with van der Waals surface area (Å²) in [6, 6.07) is 11.3. The maximum Gasteiger partial charge on any atom is 0.0318 e. The molecule has 0 amide bonds. The maximum absolute atomic E-state index is 3.68. The molecule has 2 rings (SSSR count). The summed E-state index contributed by atoms with van der Waals surface area (Å²) >= 11 is 2.08. The van der Waals surface area contributed by atoms with Crippen LogP contribution in [0.1, 0.15) is 24.9 Å². The topological polar surface area (TPSA) is 15.3 Å². The molecule has 0 aromatic heterocycles. The second-order valence-corrected chi connectivity index (χ2v) is 6.00. The quantitative estimate of drug-likeness (QED) is 0.850. The number of rotatable bonds is 6. The van der Waals surface area contributed by atoms with E-state index in [1.807, 2.05) is 0 Å². The summed E-state index contributed by atoms with van der Waals surface area (Å²) < 4.78 is 0. The van der Waals surface area contributed by atoms with Crippen molar-refractivity contribution in [1.82, 2.24) is 10.2 Å². The molecule has 1 aromatic carbocycles. The molecular formula is C15H24N2S. The third-order valence-electron chi connectivity index (χ3n) is 3.53. The molecular weight excluding hydrogens is 240 g/mol. The van der Waals surface area contributed by atoms with Gasteiger partial charge in [0.2, 0.25) is 0 Å². The SMILES string of the molecule is CCC(NCCN1CCSCC1)c1ccccc1. The van der Waals surface area contributed by atoms with Crippen molar-refractivity contribution < 1.29 is 0 Å². The summed E-state index contributed by atoms with van der Waals surface area (Å²) in [4.78, 5) is 2.57. The number of hydrogen-bond acceptors (Lipinski definition) is 3. The lowest BCUT2D eigenvalue weighted by molar-refractivity contribution is 0.294. The van der Waals surface area contributed by atoms with Crippen molar-refractivity contribution in [3.05, 3.63) is 35.9 Å². The van der Waals surface area contributed by atoms with Crippen LogP contribution in [0.3, 0.4) is 0 Å². The van der Waals surface area contributed by atoms with Gasteiger partial charge in [0.1, 0.15) is 0 Å². The van der Waals surface area contributed by atoms with Crippen LogP contribution in [-0.4, -0.2) is 42.6 Å². The van der Waals surface area contributed by atoms with Crippen LogP contribution in [0.2, 0.25) is 0 Å². The fraction of sp³-hybridized carbons (Fsp3) is 0.600. The second kappa shape index (κ2) is 7.82. The Morgan fingerprint density at radius 1 is 1.22 bits per heavy atom. The lowest BCUT2D eigenvalue weighted by atomic mass is 10.0. The van der Waals surface area contributed by atoms with Gasteiger partial charge < -0.3 is 10.2 Å². The van der Waals surface area contributed by atoms with Crippen molar-refractivity contribution in [1.29, 1.82) is 0 Å². The van der Waals surface area contributed by atoms with Crippen molar-refractivity contribution in [2.75, 3.05) is 37.7 Å². The molecule has 0 radical (unpaired) electrons. The van der Waals surface area contributed by atoms with Crippen LogP contribution in [0.25, 0.3) is 0 Å². The van der Waals surface area contributed by atoms with Crippen LogP contribution >= 0.6 is 11.8 Å². The van der Waals surface area contributed by atoms with Gasteiger partial charge in [-0.3, -0.25) is 0 Å². The Hall–Kier alpha value is -0.510. The molecule has 1 unspecified atom stereocenters. The van der Waals surface area contributed by atoms with Crippen LogP contribution in [0.5, 0.6) is 0 Å². The molecule has 1 aliphatic rings. The first-order valence-electron chi connectivity index (χ1n) is 6.98. The Balaban J connectivity index is 1.73. The molecule has 1 fully saturated rings. The van der Waals surface area contributed by atoms with Gasteiger partial charge in [-0.2, -0.15) is 11.8 Å². The van der Waals surface area contributed by atoms with E-state index in [0.717, 1.165) is 13.0 Å². The van der Waals surface area contributed by atoms with Crippen molar-refractivity contribution in [3.8, 4) is 0 Å². The van der Waals surface area contributed by atoms with Crippen molar-refractivity contribution in [2.45, 2.75) is 19.4 Å². The van der Waals surface area contributed by atoms with Gasteiger partial charge in [-0.1, -0.05) is 37.3 Å². The van der Waals surface area contributed by atoms with E-state index in [-0.39, 0.29) is 0 Å². The van der Waals surface area contributed by atoms with Gasteiger partial charge in [-0.15, -0.1) is 0 Å². The van der Waals surface area contributed by atoms with Gasteiger partial charge in [0.05, 0.1) is 0 Å². The highest BCUT2D eigenvalue weighted by Gasteiger charge is 2.11. The molecule has 0 aliphatic carbocycles. The second-order valence-electron chi connectivity index (χ2n) is 4.78. The Kier molecular flexibility index (Phi) is 6.05. The molecule has 1 atom stereocenters. The van der Waals surface area contributed by atoms with Gasteiger partial charge in [-0.25, -0.2) is 0 Å². The van der Waals surface area contributed by atoms with Crippen molar-refractivity contribution in [2.24, 2.45) is 0 Å². The van der Waals surface area contributed by atoms with Crippen LogP contribution in [0.4, 0.5) is 0 Å². The number of nitrogens with zero attached hydrogens (tertiary/aromatic N) is 1. The molecule has 0 spiro atoms. The molecule has 100 valence electrons. The summed E-state index contributed by atoms with van der Waals surface area (Å²) in [5.41, 5.74) is 1.41. The lowest BCUT2D eigenvalue weighted by Crippen LogP contribution is -2.38. The highest BCUT2D eigenvalue weighted by Crippen LogP contribution is 2.15. The molecule has 1 aliphatic heterocycles. The third-order valence-corrected chi connectivity index (χ3v) is 4.48. The normalized spacial score (nSPS) is 18.7. The number of benzene rings is 1. The summed E-state index contributed by atoms with van der Waals surface area (Å²) in [6.45, 7) is 7.05. The summed E-state index contributed by atoms with van der Waals surface area (Å²) in [7, 11) is 0. The standard InChI is InChI=1S/C15H24N2S/c1-2-15(14-6-4-3-5-7-14)16-8-9-17-10-12-18-13-11-17/h3-7,15-16H,2,8-13H2,1H3. The molecule has 0 saturated carbocycles. The Morgan fingerprint density at radius 2 is 1.94 bits per heavy atom. The van der Waals surface area contributed by atoms with Crippen LogP contribution in [0.15, 0.2) is 30.3 Å². The van der Waals surface area contributed by atoms with E-state index >= 15 is 0 Å².